The van der Waals surface area contributed by atoms with Crippen LogP contribution in [0.4, 0.5) is 11.4 Å². The number of carbonyl (C=O) groups excluding carboxylic acids is 2. The zero-order valence-electron chi connectivity index (χ0n) is 12.7. The van der Waals surface area contributed by atoms with Crippen LogP contribution in [-0.2, 0) is 4.79 Å². The predicted octanol–water partition coefficient (Wildman–Crippen LogP) is 1.36. The third-order valence-electron chi connectivity index (χ3n) is 3.87. The minimum atomic E-state index is -0.651. The van der Waals surface area contributed by atoms with Gasteiger partial charge in [-0.2, -0.15) is 0 Å². The number of nitrogens with two attached hydrogens (primary N) is 1. The Morgan fingerprint density at radius 1 is 1.26 bits per heavy atom. The number of nitrogens with one attached hydrogen (secondary N) is 2. The molecular formula is C15H20N4O4. The summed E-state index contributed by atoms with van der Waals surface area (Å²) in [4.78, 5) is 34.0. The highest BCUT2D eigenvalue weighted by Crippen LogP contribution is 2.22. The van der Waals surface area contributed by atoms with E-state index in [1.165, 1.54) is 18.6 Å². The number of nitro benzene ring substituents is 1. The second-order valence-electron chi connectivity index (χ2n) is 5.62. The normalized spacial score (nSPS) is 15.0. The average molecular weight is 320 g/mol. The van der Waals surface area contributed by atoms with Crippen LogP contribution < -0.4 is 16.4 Å². The molecule has 0 spiro atoms. The number of benzene rings is 1. The fourth-order valence-corrected chi connectivity index (χ4v) is 2.63. The van der Waals surface area contributed by atoms with Gasteiger partial charge in [-0.05, 0) is 25.0 Å². The van der Waals surface area contributed by atoms with Crippen LogP contribution in [0.25, 0.3) is 0 Å². The lowest BCUT2D eigenvalue weighted by atomic mass is 9.95. The SMILES string of the molecule is Nc1ccc(C(=O)NCC(=O)NC2CCCCC2)cc1[N+](=O)[O-]. The highest BCUT2D eigenvalue weighted by molar-refractivity contribution is 5.97. The van der Waals surface area contributed by atoms with Gasteiger partial charge in [0.1, 0.15) is 5.69 Å². The van der Waals surface area contributed by atoms with Gasteiger partial charge in [-0.25, -0.2) is 0 Å². The Balaban J connectivity index is 1.88. The number of rotatable bonds is 5. The molecule has 0 saturated heterocycles. The highest BCUT2D eigenvalue weighted by Gasteiger charge is 2.18. The van der Waals surface area contributed by atoms with Gasteiger partial charge < -0.3 is 16.4 Å². The minimum absolute atomic E-state index is 0.0124. The lowest BCUT2D eigenvalue weighted by Gasteiger charge is -2.22. The summed E-state index contributed by atoms with van der Waals surface area (Å²) in [5.41, 5.74) is 5.23. The number of nitrogens with zero attached hydrogens (tertiary/aromatic N) is 1. The third kappa shape index (κ3) is 4.67. The van der Waals surface area contributed by atoms with Crippen LogP contribution >= 0.6 is 0 Å². The number of nitro groups is 1. The van der Waals surface area contributed by atoms with Crippen LogP contribution in [0, 0.1) is 10.1 Å². The van der Waals surface area contributed by atoms with E-state index < -0.39 is 10.8 Å². The number of anilines is 1. The molecule has 1 aromatic rings. The molecule has 1 aliphatic carbocycles. The molecule has 0 aliphatic heterocycles. The molecule has 1 saturated carbocycles. The lowest BCUT2D eigenvalue weighted by molar-refractivity contribution is -0.383. The van der Waals surface area contributed by atoms with Crippen molar-refractivity contribution in [3.63, 3.8) is 0 Å². The average Bonchev–Trinajstić information content (AvgIpc) is 2.53. The first-order valence-electron chi connectivity index (χ1n) is 7.59. The van der Waals surface area contributed by atoms with Gasteiger partial charge in [-0.1, -0.05) is 19.3 Å². The zero-order valence-corrected chi connectivity index (χ0v) is 12.7. The molecule has 0 unspecified atom stereocenters. The standard InChI is InChI=1S/C15H20N4O4/c16-12-7-6-10(8-13(12)19(22)23)15(21)17-9-14(20)18-11-4-2-1-3-5-11/h6-8,11H,1-5,9,16H2,(H,17,21)(H,18,20). The van der Waals surface area contributed by atoms with E-state index in [2.05, 4.69) is 10.6 Å². The van der Waals surface area contributed by atoms with Gasteiger partial charge in [0, 0.05) is 17.7 Å². The van der Waals surface area contributed by atoms with Crippen LogP contribution in [0.15, 0.2) is 18.2 Å². The highest BCUT2D eigenvalue weighted by atomic mass is 16.6. The van der Waals surface area contributed by atoms with Crippen molar-refractivity contribution < 1.29 is 14.5 Å². The summed E-state index contributed by atoms with van der Waals surface area (Å²) < 4.78 is 0. The third-order valence-corrected chi connectivity index (χ3v) is 3.87. The van der Waals surface area contributed by atoms with Crippen LogP contribution in [0.3, 0.4) is 0 Å². The summed E-state index contributed by atoms with van der Waals surface area (Å²) in [7, 11) is 0. The van der Waals surface area contributed by atoms with Crippen molar-refractivity contribution in [2.24, 2.45) is 0 Å². The molecule has 0 radical (unpaired) electrons. The van der Waals surface area contributed by atoms with Gasteiger partial charge in [0.15, 0.2) is 0 Å². The van der Waals surface area contributed by atoms with E-state index in [0.717, 1.165) is 31.7 Å². The zero-order chi connectivity index (χ0) is 16.8. The fraction of sp³-hybridized carbons (Fsp3) is 0.467. The second kappa shape index (κ2) is 7.57. The summed E-state index contributed by atoms with van der Waals surface area (Å²) in [5.74, 6) is -0.804. The maximum absolute atomic E-state index is 12.0. The van der Waals surface area contributed by atoms with Crippen molar-refractivity contribution >= 4 is 23.2 Å². The van der Waals surface area contributed by atoms with Crippen molar-refractivity contribution in [1.82, 2.24) is 10.6 Å². The number of hydrogen-bond acceptors (Lipinski definition) is 5. The summed E-state index contributed by atoms with van der Waals surface area (Å²) in [5, 5.41) is 16.2. The molecule has 8 heteroatoms. The van der Waals surface area contributed by atoms with Crippen LogP contribution in [0.2, 0.25) is 0 Å². The van der Waals surface area contributed by atoms with Crippen molar-refractivity contribution in [3.8, 4) is 0 Å². The first-order chi connectivity index (χ1) is 11.0. The monoisotopic (exact) mass is 320 g/mol. The Kier molecular flexibility index (Phi) is 5.51. The van der Waals surface area contributed by atoms with Crippen molar-refractivity contribution in [1.29, 1.82) is 0 Å². The van der Waals surface area contributed by atoms with E-state index in [-0.39, 0.29) is 35.4 Å². The summed E-state index contributed by atoms with van der Waals surface area (Å²) >= 11 is 0. The predicted molar refractivity (Wildman–Crippen MR) is 84.9 cm³/mol. The number of carbonyl (C=O) groups is 2. The van der Waals surface area contributed by atoms with Crippen LogP contribution in [0.5, 0.6) is 0 Å². The molecule has 23 heavy (non-hydrogen) atoms. The number of nitrogen functional groups attached to an aromatic ring is 1. The van der Waals surface area contributed by atoms with E-state index in [9.17, 15) is 19.7 Å². The molecule has 4 N–H and O–H groups in total. The van der Waals surface area contributed by atoms with Crippen LogP contribution in [0.1, 0.15) is 42.5 Å². The Morgan fingerprint density at radius 3 is 2.61 bits per heavy atom. The van der Waals surface area contributed by atoms with Crippen molar-refractivity contribution in [2.45, 2.75) is 38.1 Å². The quantitative estimate of drug-likeness (QED) is 0.429. The molecule has 2 rings (SSSR count). The fourth-order valence-electron chi connectivity index (χ4n) is 2.63. The molecule has 1 aromatic carbocycles. The Morgan fingerprint density at radius 2 is 1.96 bits per heavy atom. The maximum Gasteiger partial charge on any atom is 0.292 e. The Labute approximate surface area is 133 Å². The molecule has 0 heterocycles. The van der Waals surface area contributed by atoms with Gasteiger partial charge in [-0.3, -0.25) is 19.7 Å². The van der Waals surface area contributed by atoms with Gasteiger partial charge in [0.05, 0.1) is 11.5 Å². The summed E-state index contributed by atoms with van der Waals surface area (Å²) in [6.45, 7) is -0.159. The molecule has 8 nitrogen and oxygen atoms in total. The molecule has 0 aromatic heterocycles. The van der Waals surface area contributed by atoms with Crippen molar-refractivity contribution in [3.05, 3.63) is 33.9 Å². The molecule has 0 atom stereocenters. The van der Waals surface area contributed by atoms with E-state index in [1.807, 2.05) is 0 Å². The number of amides is 2. The van der Waals surface area contributed by atoms with Gasteiger partial charge in [0.2, 0.25) is 5.91 Å². The molecule has 0 bridgehead atoms. The van der Waals surface area contributed by atoms with E-state index in [1.54, 1.807) is 0 Å². The van der Waals surface area contributed by atoms with Gasteiger partial charge in [-0.15, -0.1) is 0 Å². The summed E-state index contributed by atoms with van der Waals surface area (Å²) in [6.07, 6.45) is 5.32. The van der Waals surface area contributed by atoms with E-state index in [0.29, 0.717) is 0 Å². The first-order valence-corrected chi connectivity index (χ1v) is 7.59. The van der Waals surface area contributed by atoms with Gasteiger partial charge >= 0.3 is 0 Å². The summed E-state index contributed by atoms with van der Waals surface area (Å²) in [6, 6.07) is 3.96. The molecular weight excluding hydrogens is 300 g/mol. The van der Waals surface area contributed by atoms with Crippen LogP contribution in [-0.4, -0.2) is 29.3 Å². The van der Waals surface area contributed by atoms with Crippen molar-refractivity contribution in [2.75, 3.05) is 12.3 Å². The lowest BCUT2D eigenvalue weighted by Crippen LogP contribution is -2.42. The number of hydrogen-bond donors (Lipinski definition) is 3. The minimum Gasteiger partial charge on any atom is -0.393 e. The molecule has 1 aliphatic rings. The topological polar surface area (TPSA) is 127 Å². The van der Waals surface area contributed by atoms with E-state index in [4.69, 9.17) is 5.73 Å². The largest absolute Gasteiger partial charge is 0.393 e. The second-order valence-corrected chi connectivity index (χ2v) is 5.62. The molecule has 124 valence electrons. The molecule has 1 fully saturated rings. The molecule has 2 amide bonds. The van der Waals surface area contributed by atoms with E-state index >= 15 is 0 Å². The first kappa shape index (κ1) is 16.7. The van der Waals surface area contributed by atoms with Gasteiger partial charge in [0.25, 0.3) is 11.6 Å². The maximum atomic E-state index is 12.0. The Bertz CT molecular complexity index is 611. The Hall–Kier alpha value is -2.64. The smallest absolute Gasteiger partial charge is 0.292 e.